The van der Waals surface area contributed by atoms with E-state index in [4.69, 9.17) is 0 Å². The van der Waals surface area contributed by atoms with Crippen LogP contribution in [0.5, 0.6) is 0 Å². The normalized spacial score (nSPS) is 13.6. The Morgan fingerprint density at radius 2 is 1.90 bits per heavy atom. The van der Waals surface area contributed by atoms with Crippen molar-refractivity contribution in [3.05, 3.63) is 72.1 Å². The van der Waals surface area contributed by atoms with Crippen molar-refractivity contribution in [3.8, 4) is 22.3 Å². The molecule has 1 aliphatic carbocycles. The number of rotatable bonds is 4. The van der Waals surface area contributed by atoms with Crippen molar-refractivity contribution < 1.29 is 9.52 Å². The van der Waals surface area contributed by atoms with Crippen LogP contribution < -0.4 is 10.0 Å². The molecule has 5 rings (SSSR count). The topological polar surface area (TPSA) is 86.8 Å². The van der Waals surface area contributed by atoms with E-state index in [1.54, 1.807) is 4.68 Å². The first-order valence-corrected chi connectivity index (χ1v) is 9.50. The monoisotopic (exact) mass is 385 g/mol. The van der Waals surface area contributed by atoms with Crippen molar-refractivity contribution in [2.24, 2.45) is 7.05 Å². The molecule has 1 N–H and O–H groups in total. The second-order valence-corrected chi connectivity index (χ2v) is 7.42. The van der Waals surface area contributed by atoms with Crippen LogP contribution in [0, 0.1) is 5.21 Å². The molecule has 29 heavy (non-hydrogen) atoms. The second-order valence-electron chi connectivity index (χ2n) is 7.42. The predicted molar refractivity (Wildman–Crippen MR) is 109 cm³/mol. The van der Waals surface area contributed by atoms with Crippen LogP contribution in [0.15, 0.2) is 61.3 Å². The molecular formula is C22H19N5O2. The fourth-order valence-electron chi connectivity index (χ4n) is 3.41. The Labute approximate surface area is 167 Å². The molecule has 144 valence electrons. The fourth-order valence-corrected chi connectivity index (χ4v) is 3.41. The van der Waals surface area contributed by atoms with E-state index in [-0.39, 0.29) is 11.9 Å². The minimum absolute atomic E-state index is 0.126. The Hall–Kier alpha value is -3.74. The highest BCUT2D eigenvalue weighted by molar-refractivity contribution is 6.01. The van der Waals surface area contributed by atoms with Crippen molar-refractivity contribution >= 4 is 16.8 Å². The van der Waals surface area contributed by atoms with Gasteiger partial charge in [0.1, 0.15) is 5.52 Å². The highest BCUT2D eigenvalue weighted by Gasteiger charge is 2.24. The van der Waals surface area contributed by atoms with Crippen molar-refractivity contribution in [2.75, 3.05) is 0 Å². The summed E-state index contributed by atoms with van der Waals surface area (Å²) >= 11 is 0. The van der Waals surface area contributed by atoms with Gasteiger partial charge in [-0.2, -0.15) is 9.83 Å². The molecular weight excluding hydrogens is 366 g/mol. The van der Waals surface area contributed by atoms with Gasteiger partial charge in [0.25, 0.3) is 5.91 Å². The molecule has 0 bridgehead atoms. The summed E-state index contributed by atoms with van der Waals surface area (Å²) in [5, 5.41) is 20.1. The Morgan fingerprint density at radius 1 is 1.14 bits per heavy atom. The van der Waals surface area contributed by atoms with E-state index in [9.17, 15) is 10.0 Å². The number of aromatic nitrogens is 4. The maximum atomic E-state index is 12.4. The number of nitrogens with zero attached hydrogens (tertiary/aromatic N) is 4. The lowest BCUT2D eigenvalue weighted by molar-refractivity contribution is -0.603. The molecule has 0 atom stereocenters. The van der Waals surface area contributed by atoms with Gasteiger partial charge in [0.15, 0.2) is 6.20 Å². The van der Waals surface area contributed by atoms with Gasteiger partial charge < -0.3 is 10.5 Å². The first-order valence-electron chi connectivity index (χ1n) is 9.50. The summed E-state index contributed by atoms with van der Waals surface area (Å²) < 4.78 is 2.51. The van der Waals surface area contributed by atoms with Gasteiger partial charge in [0.05, 0.1) is 17.3 Å². The van der Waals surface area contributed by atoms with E-state index >= 15 is 0 Å². The third kappa shape index (κ3) is 3.42. The zero-order valence-corrected chi connectivity index (χ0v) is 15.9. The minimum atomic E-state index is -0.126. The first kappa shape index (κ1) is 17.4. The standard InChI is InChI=1S/C22H19N5O2/c1-26-11-17(10-24-26)14-2-4-15(5-3-14)20-12-27(29)13-21-19(20)8-16(9-23-21)22(28)25-18-6-7-18/h2-5,8-13,18H,6-7H2,1H3,(H,25,28). The molecule has 3 heterocycles. The molecule has 1 amide bonds. The lowest BCUT2D eigenvalue weighted by atomic mass is 9.99. The summed E-state index contributed by atoms with van der Waals surface area (Å²) in [4.78, 5) is 16.8. The van der Waals surface area contributed by atoms with E-state index in [1.165, 1.54) is 18.6 Å². The van der Waals surface area contributed by atoms with Crippen LogP contribution in [-0.4, -0.2) is 26.7 Å². The van der Waals surface area contributed by atoms with Gasteiger partial charge in [0, 0.05) is 36.4 Å². The number of pyridine rings is 2. The number of fused-ring (bicyclic) bond motifs is 1. The zero-order chi connectivity index (χ0) is 20.0. The van der Waals surface area contributed by atoms with Gasteiger partial charge in [-0.15, -0.1) is 0 Å². The van der Waals surface area contributed by atoms with Crippen LogP contribution in [-0.2, 0) is 7.05 Å². The molecule has 4 aromatic rings. The van der Waals surface area contributed by atoms with Gasteiger partial charge in [-0.3, -0.25) is 9.48 Å². The number of aryl methyl sites for hydroxylation is 1. The molecule has 7 heteroatoms. The van der Waals surface area contributed by atoms with Crippen LogP contribution >= 0.6 is 0 Å². The van der Waals surface area contributed by atoms with E-state index in [0.717, 1.165) is 45.2 Å². The first-order chi connectivity index (χ1) is 14.1. The Morgan fingerprint density at radius 3 is 2.59 bits per heavy atom. The van der Waals surface area contributed by atoms with E-state index in [1.807, 2.05) is 49.8 Å². The second kappa shape index (κ2) is 6.70. The number of benzene rings is 1. The summed E-state index contributed by atoms with van der Waals surface area (Å²) in [6.45, 7) is 0. The average Bonchev–Trinajstić information content (AvgIpc) is 3.44. The number of carbonyl (C=O) groups is 1. The van der Waals surface area contributed by atoms with Gasteiger partial charge >= 0.3 is 0 Å². The molecule has 1 aliphatic rings. The Kier molecular flexibility index (Phi) is 4.01. The SMILES string of the molecule is Cn1cc(-c2ccc(-c3c[n+]([O-])cc4ncc(C(=O)NC5CC5)cc34)cc2)cn1. The minimum Gasteiger partial charge on any atom is -0.619 e. The number of hydrogen-bond donors (Lipinski definition) is 1. The molecule has 0 spiro atoms. The van der Waals surface area contributed by atoms with Crippen LogP contribution in [0.4, 0.5) is 0 Å². The van der Waals surface area contributed by atoms with Crippen molar-refractivity contribution in [3.63, 3.8) is 0 Å². The summed E-state index contributed by atoms with van der Waals surface area (Å²) in [7, 11) is 1.88. The Balaban J connectivity index is 1.56. The molecule has 0 unspecified atom stereocenters. The zero-order valence-electron chi connectivity index (χ0n) is 15.9. The van der Waals surface area contributed by atoms with Gasteiger partial charge in [-0.05, 0) is 30.0 Å². The van der Waals surface area contributed by atoms with Crippen LogP contribution in [0.2, 0.25) is 0 Å². The molecule has 0 aliphatic heterocycles. The van der Waals surface area contributed by atoms with Gasteiger partial charge in [-0.1, -0.05) is 24.3 Å². The molecule has 3 aromatic heterocycles. The smallest absolute Gasteiger partial charge is 0.253 e. The number of nitrogens with one attached hydrogen (secondary N) is 1. The molecule has 0 saturated heterocycles. The highest BCUT2D eigenvalue weighted by atomic mass is 16.5. The summed E-state index contributed by atoms with van der Waals surface area (Å²) in [6.07, 6.45) is 10.3. The molecule has 1 saturated carbocycles. The largest absolute Gasteiger partial charge is 0.619 e. The van der Waals surface area contributed by atoms with Crippen molar-refractivity contribution in [1.29, 1.82) is 0 Å². The van der Waals surface area contributed by atoms with Gasteiger partial charge in [0.2, 0.25) is 6.20 Å². The highest BCUT2D eigenvalue weighted by Crippen LogP contribution is 2.29. The number of carbonyl (C=O) groups excluding carboxylic acids is 1. The third-order valence-corrected chi connectivity index (χ3v) is 5.12. The Bertz CT molecular complexity index is 1230. The molecule has 1 aromatic carbocycles. The summed E-state index contributed by atoms with van der Waals surface area (Å²) in [5.74, 6) is -0.126. The summed E-state index contributed by atoms with van der Waals surface area (Å²) in [6, 6.07) is 10.0. The average molecular weight is 385 g/mol. The number of hydrogen-bond acceptors (Lipinski definition) is 4. The summed E-state index contributed by atoms with van der Waals surface area (Å²) in [5.41, 5.74) is 4.74. The molecule has 7 nitrogen and oxygen atoms in total. The van der Waals surface area contributed by atoms with E-state index < -0.39 is 0 Å². The molecule has 0 radical (unpaired) electrons. The number of amides is 1. The van der Waals surface area contributed by atoms with Crippen molar-refractivity contribution in [2.45, 2.75) is 18.9 Å². The lowest BCUT2D eigenvalue weighted by Gasteiger charge is -2.09. The maximum absolute atomic E-state index is 12.4. The van der Waals surface area contributed by atoms with Crippen molar-refractivity contribution in [1.82, 2.24) is 20.1 Å². The maximum Gasteiger partial charge on any atom is 0.253 e. The van der Waals surface area contributed by atoms with E-state index in [2.05, 4.69) is 15.4 Å². The van der Waals surface area contributed by atoms with E-state index in [0.29, 0.717) is 11.1 Å². The quantitative estimate of drug-likeness (QED) is 0.432. The fraction of sp³-hybridized carbons (Fsp3) is 0.182. The van der Waals surface area contributed by atoms with Crippen LogP contribution in [0.1, 0.15) is 23.2 Å². The third-order valence-electron chi connectivity index (χ3n) is 5.12. The lowest BCUT2D eigenvalue weighted by Crippen LogP contribution is -2.26. The van der Waals surface area contributed by atoms with Gasteiger partial charge in [-0.25, -0.2) is 4.98 Å². The predicted octanol–water partition coefficient (Wildman–Crippen LogP) is 2.83. The van der Waals surface area contributed by atoms with Crippen LogP contribution in [0.25, 0.3) is 33.2 Å². The van der Waals surface area contributed by atoms with Crippen LogP contribution in [0.3, 0.4) is 0 Å². The molecule has 1 fully saturated rings.